The smallest absolute Gasteiger partial charge is 0.329 e. The molecule has 1 aliphatic heterocycles. The zero-order valence-corrected chi connectivity index (χ0v) is 16.9. The van der Waals surface area contributed by atoms with Crippen LogP contribution in [0.1, 0.15) is 43.6 Å². The number of furan rings is 1. The minimum atomic E-state index is -0.786. The minimum absolute atomic E-state index is 0.109. The zero-order valence-electron chi connectivity index (χ0n) is 16.9. The van der Waals surface area contributed by atoms with Crippen LogP contribution in [0.5, 0.6) is 0 Å². The molecule has 30 heavy (non-hydrogen) atoms. The van der Waals surface area contributed by atoms with Gasteiger partial charge in [-0.1, -0.05) is 6.92 Å². The SMILES string of the molecule is C[C@@H]1C[C@@H]1c1ccc(CN(C)C(=O)CC[C@@H]2NC(=O)N(c3ccc(F)cc3)C2=O)o1. The number of imide groups is 1. The van der Waals surface area contributed by atoms with E-state index in [1.165, 1.54) is 24.3 Å². The molecule has 7 nitrogen and oxygen atoms in total. The molecule has 0 spiro atoms. The number of amides is 4. The molecule has 0 unspecified atom stereocenters. The van der Waals surface area contributed by atoms with Gasteiger partial charge in [0.05, 0.1) is 12.2 Å². The van der Waals surface area contributed by atoms with Crippen molar-refractivity contribution < 1.29 is 23.2 Å². The van der Waals surface area contributed by atoms with Crippen LogP contribution in [0.25, 0.3) is 0 Å². The Morgan fingerprint density at radius 1 is 1.23 bits per heavy atom. The molecule has 0 radical (unpaired) electrons. The van der Waals surface area contributed by atoms with Crippen molar-refractivity contribution in [2.24, 2.45) is 5.92 Å². The highest BCUT2D eigenvalue weighted by atomic mass is 19.1. The lowest BCUT2D eigenvalue weighted by atomic mass is 10.1. The first kappa shape index (κ1) is 20.1. The third-order valence-electron chi connectivity index (χ3n) is 5.73. The Kier molecular flexibility index (Phi) is 5.32. The first-order valence-electron chi connectivity index (χ1n) is 10.1. The minimum Gasteiger partial charge on any atom is -0.464 e. The average Bonchev–Trinajstić information content (AvgIpc) is 3.14. The van der Waals surface area contributed by atoms with Gasteiger partial charge < -0.3 is 14.6 Å². The number of carbonyl (C=O) groups excluding carboxylic acids is 3. The average molecular weight is 413 g/mol. The maximum Gasteiger partial charge on any atom is 0.329 e. The van der Waals surface area contributed by atoms with E-state index in [2.05, 4.69) is 12.2 Å². The van der Waals surface area contributed by atoms with Gasteiger partial charge in [-0.2, -0.15) is 0 Å². The first-order valence-corrected chi connectivity index (χ1v) is 10.1. The van der Waals surface area contributed by atoms with Gasteiger partial charge in [0.1, 0.15) is 23.4 Å². The Balaban J connectivity index is 1.30. The van der Waals surface area contributed by atoms with Gasteiger partial charge in [0.25, 0.3) is 5.91 Å². The van der Waals surface area contributed by atoms with Crippen LogP contribution < -0.4 is 10.2 Å². The molecule has 0 bridgehead atoms. The van der Waals surface area contributed by atoms with Crippen molar-refractivity contribution in [3.8, 4) is 0 Å². The van der Waals surface area contributed by atoms with Gasteiger partial charge >= 0.3 is 6.03 Å². The van der Waals surface area contributed by atoms with E-state index in [1.807, 2.05) is 12.1 Å². The van der Waals surface area contributed by atoms with Gasteiger partial charge in [-0.05, 0) is 55.2 Å². The van der Waals surface area contributed by atoms with Crippen LogP contribution in [0.3, 0.4) is 0 Å². The second kappa shape index (κ2) is 7.93. The van der Waals surface area contributed by atoms with Crippen LogP contribution in [-0.4, -0.2) is 35.8 Å². The van der Waals surface area contributed by atoms with Gasteiger partial charge in [-0.25, -0.2) is 14.1 Å². The fourth-order valence-electron chi connectivity index (χ4n) is 3.74. The van der Waals surface area contributed by atoms with Crippen LogP contribution in [-0.2, 0) is 16.1 Å². The molecule has 1 saturated carbocycles. The van der Waals surface area contributed by atoms with Crippen molar-refractivity contribution in [3.05, 3.63) is 53.7 Å². The summed E-state index contributed by atoms with van der Waals surface area (Å²) in [5, 5.41) is 2.59. The maximum atomic E-state index is 13.1. The summed E-state index contributed by atoms with van der Waals surface area (Å²) in [7, 11) is 1.68. The number of hydrogen-bond acceptors (Lipinski definition) is 4. The Labute approximate surface area is 173 Å². The van der Waals surface area contributed by atoms with E-state index >= 15 is 0 Å². The molecular weight excluding hydrogens is 389 g/mol. The quantitative estimate of drug-likeness (QED) is 0.706. The van der Waals surface area contributed by atoms with Crippen molar-refractivity contribution in [3.63, 3.8) is 0 Å². The molecule has 2 aromatic rings. The zero-order chi connectivity index (χ0) is 21.4. The van der Waals surface area contributed by atoms with E-state index in [4.69, 9.17) is 4.42 Å². The van der Waals surface area contributed by atoms with Crippen LogP contribution in [0.15, 0.2) is 40.8 Å². The lowest BCUT2D eigenvalue weighted by Crippen LogP contribution is -2.33. The second-order valence-electron chi connectivity index (χ2n) is 8.06. The molecule has 4 amide bonds. The third-order valence-corrected chi connectivity index (χ3v) is 5.73. The number of carbonyl (C=O) groups is 3. The molecule has 2 fully saturated rings. The number of halogens is 1. The van der Waals surface area contributed by atoms with Gasteiger partial charge in [0.15, 0.2) is 0 Å². The number of hydrogen-bond donors (Lipinski definition) is 1. The van der Waals surface area contributed by atoms with Crippen molar-refractivity contribution in [2.45, 2.75) is 44.7 Å². The first-order chi connectivity index (χ1) is 14.3. The van der Waals surface area contributed by atoms with Crippen LogP contribution in [0.2, 0.25) is 0 Å². The second-order valence-corrected chi connectivity index (χ2v) is 8.06. The summed E-state index contributed by atoms with van der Waals surface area (Å²) in [6.45, 7) is 2.54. The van der Waals surface area contributed by atoms with E-state index in [0.29, 0.717) is 24.1 Å². The molecule has 2 aliphatic rings. The Morgan fingerprint density at radius 3 is 2.60 bits per heavy atom. The van der Waals surface area contributed by atoms with E-state index in [0.717, 1.165) is 22.8 Å². The predicted molar refractivity (Wildman–Crippen MR) is 107 cm³/mol. The van der Waals surface area contributed by atoms with Crippen LogP contribution in [0, 0.1) is 11.7 Å². The highest BCUT2D eigenvalue weighted by molar-refractivity contribution is 6.21. The van der Waals surface area contributed by atoms with Crippen molar-refractivity contribution in [2.75, 3.05) is 11.9 Å². The topological polar surface area (TPSA) is 82.9 Å². The highest BCUT2D eigenvalue weighted by Crippen LogP contribution is 2.47. The summed E-state index contributed by atoms with van der Waals surface area (Å²) in [6.07, 6.45) is 1.43. The highest BCUT2D eigenvalue weighted by Gasteiger charge is 2.39. The van der Waals surface area contributed by atoms with Crippen molar-refractivity contribution >= 4 is 23.5 Å². The summed E-state index contributed by atoms with van der Waals surface area (Å²) in [6, 6.07) is 7.62. The molecule has 1 N–H and O–H groups in total. The van der Waals surface area contributed by atoms with Gasteiger partial charge in [-0.3, -0.25) is 9.59 Å². The number of rotatable bonds is 7. The molecule has 158 valence electrons. The molecule has 8 heteroatoms. The molecule has 1 aromatic carbocycles. The molecular formula is C22H24FN3O4. The van der Waals surface area contributed by atoms with Crippen LogP contribution >= 0.6 is 0 Å². The molecule has 1 aromatic heterocycles. The number of benzene rings is 1. The maximum absolute atomic E-state index is 13.1. The van der Waals surface area contributed by atoms with Crippen molar-refractivity contribution in [1.29, 1.82) is 0 Å². The normalized spacial score (nSPS) is 22.9. The standard InChI is InChI=1S/C22H24FN3O4/c1-13-11-17(13)19-9-7-16(30-19)12-25(2)20(27)10-8-18-21(28)26(22(29)24-18)15-5-3-14(23)4-6-15/h3-7,9,13,17-18H,8,10-12H2,1-2H3,(H,24,29)/t13-,17+,18+/m1/s1. The lowest BCUT2D eigenvalue weighted by Gasteiger charge is -2.17. The fourth-order valence-corrected chi connectivity index (χ4v) is 3.74. The summed E-state index contributed by atoms with van der Waals surface area (Å²) < 4.78 is 18.9. The molecule has 4 rings (SSSR count). The largest absolute Gasteiger partial charge is 0.464 e. The number of nitrogens with zero attached hydrogens (tertiary/aromatic N) is 2. The van der Waals surface area contributed by atoms with Crippen LogP contribution in [0.4, 0.5) is 14.9 Å². The molecule has 3 atom stereocenters. The van der Waals surface area contributed by atoms with Gasteiger partial charge in [0, 0.05) is 19.4 Å². The van der Waals surface area contributed by atoms with E-state index in [9.17, 15) is 18.8 Å². The van der Waals surface area contributed by atoms with Gasteiger partial charge in [0.2, 0.25) is 5.91 Å². The summed E-state index contributed by atoms with van der Waals surface area (Å²) in [5.74, 6) is 1.79. The lowest BCUT2D eigenvalue weighted by molar-refractivity contribution is -0.131. The predicted octanol–water partition coefficient (Wildman–Crippen LogP) is 3.41. The summed E-state index contributed by atoms with van der Waals surface area (Å²) >= 11 is 0. The van der Waals surface area contributed by atoms with E-state index in [-0.39, 0.29) is 18.7 Å². The monoisotopic (exact) mass is 413 g/mol. The fraction of sp³-hybridized carbons (Fsp3) is 0.409. The molecule has 1 saturated heterocycles. The van der Waals surface area contributed by atoms with Crippen molar-refractivity contribution in [1.82, 2.24) is 10.2 Å². The molecule has 1 aliphatic carbocycles. The van der Waals surface area contributed by atoms with E-state index in [1.54, 1.807) is 11.9 Å². The summed E-state index contributed by atoms with van der Waals surface area (Å²) in [5.41, 5.74) is 0.295. The Hall–Kier alpha value is -3.16. The van der Waals surface area contributed by atoms with Gasteiger partial charge in [-0.15, -0.1) is 0 Å². The van der Waals surface area contributed by atoms with E-state index < -0.39 is 23.8 Å². The summed E-state index contributed by atoms with van der Waals surface area (Å²) in [4.78, 5) is 39.8. The molecule has 2 heterocycles. The number of nitrogens with one attached hydrogen (secondary N) is 1. The number of urea groups is 1. The number of anilines is 1. The Morgan fingerprint density at radius 2 is 1.93 bits per heavy atom. The third kappa shape index (κ3) is 4.08. The Bertz CT molecular complexity index is 971.